The zero-order chi connectivity index (χ0) is 14.7. The van der Waals surface area contributed by atoms with Gasteiger partial charge in [-0.2, -0.15) is 0 Å². The van der Waals surface area contributed by atoms with E-state index >= 15 is 0 Å². The Morgan fingerprint density at radius 2 is 2.00 bits per heavy atom. The first kappa shape index (κ1) is 14.0. The molecule has 0 saturated heterocycles. The summed E-state index contributed by atoms with van der Waals surface area (Å²) in [7, 11) is 1.27. The number of carbonyl (C=O) groups is 3. The van der Waals surface area contributed by atoms with E-state index in [1.165, 1.54) is 12.0 Å². The summed E-state index contributed by atoms with van der Waals surface area (Å²) in [5.41, 5.74) is 1.53. The molecular formula is C14H15NO5. The number of carboxylic acid groups (broad SMARTS) is 1. The topological polar surface area (TPSA) is 83.9 Å². The van der Waals surface area contributed by atoms with Crippen molar-refractivity contribution in [2.24, 2.45) is 0 Å². The fourth-order valence-corrected chi connectivity index (χ4v) is 2.35. The van der Waals surface area contributed by atoms with Gasteiger partial charge in [0.1, 0.15) is 6.04 Å². The van der Waals surface area contributed by atoms with E-state index < -0.39 is 18.0 Å². The van der Waals surface area contributed by atoms with Crippen molar-refractivity contribution in [3.63, 3.8) is 0 Å². The fraction of sp³-hybridized carbons (Fsp3) is 0.357. The third kappa shape index (κ3) is 2.64. The lowest BCUT2D eigenvalue weighted by molar-refractivity contribution is -0.143. The molecule has 0 aromatic heterocycles. The van der Waals surface area contributed by atoms with Crippen LogP contribution in [0.4, 0.5) is 5.69 Å². The van der Waals surface area contributed by atoms with E-state index in [4.69, 9.17) is 9.84 Å². The number of aliphatic carboxylic acids is 1. The molecule has 2 rings (SSSR count). The lowest BCUT2D eigenvalue weighted by Gasteiger charge is -2.23. The predicted octanol–water partition coefficient (Wildman–Crippen LogP) is 0.982. The average molecular weight is 277 g/mol. The second-order valence-corrected chi connectivity index (χ2v) is 4.53. The van der Waals surface area contributed by atoms with Crippen LogP contribution in [0.2, 0.25) is 0 Å². The van der Waals surface area contributed by atoms with Crippen molar-refractivity contribution >= 4 is 23.5 Å². The van der Waals surface area contributed by atoms with Crippen LogP contribution < -0.4 is 4.90 Å². The number of rotatable bonds is 4. The van der Waals surface area contributed by atoms with Gasteiger partial charge < -0.3 is 9.84 Å². The molecular weight excluding hydrogens is 262 g/mol. The van der Waals surface area contributed by atoms with Gasteiger partial charge in [-0.15, -0.1) is 0 Å². The summed E-state index contributed by atoms with van der Waals surface area (Å²) in [6.45, 7) is 0. The Hall–Kier alpha value is -2.37. The van der Waals surface area contributed by atoms with Crippen LogP contribution >= 0.6 is 0 Å². The number of benzene rings is 1. The van der Waals surface area contributed by atoms with Gasteiger partial charge in [0.25, 0.3) is 0 Å². The maximum absolute atomic E-state index is 12.2. The molecule has 1 heterocycles. The van der Waals surface area contributed by atoms with Crippen molar-refractivity contribution < 1.29 is 24.2 Å². The maximum atomic E-state index is 12.2. The third-order valence-electron chi connectivity index (χ3n) is 3.27. The third-order valence-corrected chi connectivity index (χ3v) is 3.27. The van der Waals surface area contributed by atoms with Gasteiger partial charge in [0.05, 0.1) is 13.5 Å². The van der Waals surface area contributed by atoms with Crippen molar-refractivity contribution in [2.45, 2.75) is 25.3 Å². The van der Waals surface area contributed by atoms with Gasteiger partial charge in [0, 0.05) is 18.5 Å². The first-order valence-corrected chi connectivity index (χ1v) is 6.24. The molecule has 6 heteroatoms. The molecule has 1 aromatic carbocycles. The normalized spacial score (nSPS) is 16.6. The van der Waals surface area contributed by atoms with Gasteiger partial charge in [-0.05, 0) is 11.6 Å². The monoisotopic (exact) mass is 277 g/mol. The summed E-state index contributed by atoms with van der Waals surface area (Å²) in [5.74, 6) is -1.92. The number of anilines is 1. The van der Waals surface area contributed by atoms with Crippen molar-refractivity contribution in [2.75, 3.05) is 12.0 Å². The summed E-state index contributed by atoms with van der Waals surface area (Å²) < 4.78 is 4.72. The van der Waals surface area contributed by atoms with Gasteiger partial charge in [-0.3, -0.25) is 14.5 Å². The van der Waals surface area contributed by atoms with E-state index in [2.05, 4.69) is 0 Å². The van der Waals surface area contributed by atoms with Crippen LogP contribution in [0.5, 0.6) is 0 Å². The smallest absolute Gasteiger partial charge is 0.329 e. The molecule has 1 aromatic rings. The summed E-state index contributed by atoms with van der Waals surface area (Å²) >= 11 is 0. The second-order valence-electron chi connectivity index (χ2n) is 4.53. The molecule has 1 aliphatic heterocycles. The van der Waals surface area contributed by atoms with Crippen LogP contribution in [0.3, 0.4) is 0 Å². The molecule has 106 valence electrons. The van der Waals surface area contributed by atoms with Gasteiger partial charge in [0.15, 0.2) is 0 Å². The van der Waals surface area contributed by atoms with E-state index in [0.29, 0.717) is 12.1 Å². The minimum Gasteiger partial charge on any atom is -0.481 e. The number of fused-ring (bicyclic) bond motifs is 1. The van der Waals surface area contributed by atoms with E-state index in [9.17, 15) is 14.4 Å². The van der Waals surface area contributed by atoms with Crippen LogP contribution in [0, 0.1) is 0 Å². The van der Waals surface area contributed by atoms with E-state index in [0.717, 1.165) is 5.56 Å². The highest BCUT2D eigenvalue weighted by molar-refractivity contribution is 6.02. The summed E-state index contributed by atoms with van der Waals surface area (Å²) in [6.07, 6.45) is -0.00971. The molecule has 6 nitrogen and oxygen atoms in total. The van der Waals surface area contributed by atoms with Crippen LogP contribution in [0.15, 0.2) is 24.3 Å². The largest absolute Gasteiger partial charge is 0.481 e. The van der Waals surface area contributed by atoms with Crippen molar-refractivity contribution in [1.29, 1.82) is 0 Å². The number of esters is 1. The number of para-hydroxylation sites is 1. The van der Waals surface area contributed by atoms with E-state index in [1.807, 2.05) is 12.1 Å². The number of hydrogen-bond acceptors (Lipinski definition) is 4. The lowest BCUT2D eigenvalue weighted by Crippen LogP contribution is -2.43. The summed E-state index contributed by atoms with van der Waals surface area (Å²) in [6, 6.07) is 6.49. The lowest BCUT2D eigenvalue weighted by atomic mass is 10.1. The van der Waals surface area contributed by atoms with E-state index in [-0.39, 0.29) is 18.7 Å². The summed E-state index contributed by atoms with van der Waals surface area (Å²) in [4.78, 5) is 35.9. The van der Waals surface area contributed by atoms with Gasteiger partial charge >= 0.3 is 11.9 Å². The fourth-order valence-electron chi connectivity index (χ4n) is 2.35. The molecule has 0 aliphatic carbocycles. The molecule has 1 N–H and O–H groups in total. The molecule has 1 unspecified atom stereocenters. The number of carboxylic acids is 1. The zero-order valence-corrected chi connectivity index (χ0v) is 11.0. The van der Waals surface area contributed by atoms with Crippen LogP contribution in [-0.4, -0.2) is 36.1 Å². The van der Waals surface area contributed by atoms with Gasteiger partial charge in [-0.25, -0.2) is 4.79 Å². The Morgan fingerprint density at radius 3 is 2.65 bits per heavy atom. The minimum atomic E-state index is -1.04. The molecule has 1 atom stereocenters. The van der Waals surface area contributed by atoms with Gasteiger partial charge in [-0.1, -0.05) is 18.2 Å². The highest BCUT2D eigenvalue weighted by Crippen LogP contribution is 2.33. The highest BCUT2D eigenvalue weighted by atomic mass is 16.5. The zero-order valence-electron chi connectivity index (χ0n) is 11.0. The molecule has 0 saturated carbocycles. The standard InChI is InChI=1S/C14H15NO5/c1-20-14(19)11-8-9-4-2-3-5-10(9)15(11)12(16)6-7-13(17)18/h2-5,11H,6-8H2,1H3,(H,17,18). The van der Waals surface area contributed by atoms with Crippen LogP contribution in [0.1, 0.15) is 18.4 Å². The van der Waals surface area contributed by atoms with Gasteiger partial charge in [0.2, 0.25) is 5.91 Å². The predicted molar refractivity (Wildman–Crippen MR) is 70.3 cm³/mol. The number of amides is 1. The van der Waals surface area contributed by atoms with Crippen molar-refractivity contribution in [1.82, 2.24) is 0 Å². The molecule has 0 radical (unpaired) electrons. The summed E-state index contributed by atoms with van der Waals surface area (Å²) in [5, 5.41) is 8.66. The SMILES string of the molecule is COC(=O)C1Cc2ccccc2N1C(=O)CCC(=O)O. The second kappa shape index (κ2) is 5.73. The maximum Gasteiger partial charge on any atom is 0.329 e. The van der Waals surface area contributed by atoms with Crippen molar-refractivity contribution in [3.05, 3.63) is 29.8 Å². The number of methoxy groups -OCH3 is 1. The Kier molecular flexibility index (Phi) is 4.02. The molecule has 0 spiro atoms. The molecule has 1 amide bonds. The molecule has 1 aliphatic rings. The Bertz CT molecular complexity index is 554. The minimum absolute atomic E-state index is 0.142. The number of hydrogen-bond donors (Lipinski definition) is 1. The highest BCUT2D eigenvalue weighted by Gasteiger charge is 2.38. The number of nitrogens with zero attached hydrogens (tertiary/aromatic N) is 1. The first-order chi connectivity index (χ1) is 9.54. The van der Waals surface area contributed by atoms with E-state index in [1.54, 1.807) is 12.1 Å². The van der Waals surface area contributed by atoms with Crippen LogP contribution in [-0.2, 0) is 25.5 Å². The Labute approximate surface area is 115 Å². The molecule has 0 bridgehead atoms. The molecule has 0 fully saturated rings. The molecule has 20 heavy (non-hydrogen) atoms. The number of carbonyl (C=O) groups excluding carboxylic acids is 2. The average Bonchev–Trinajstić information content (AvgIpc) is 2.83. The Morgan fingerprint density at radius 1 is 1.30 bits per heavy atom. The van der Waals surface area contributed by atoms with Crippen molar-refractivity contribution in [3.8, 4) is 0 Å². The first-order valence-electron chi connectivity index (χ1n) is 6.24. The number of ether oxygens (including phenoxy) is 1. The Balaban J connectivity index is 2.27. The van der Waals surface area contributed by atoms with Crippen LogP contribution in [0.25, 0.3) is 0 Å². The quantitative estimate of drug-likeness (QED) is 0.829.